The van der Waals surface area contributed by atoms with Gasteiger partial charge in [0.05, 0.1) is 22.3 Å². The molecule has 2 aliphatic heterocycles. The molecule has 13 N–H and O–H groups in total. The number of rotatable bonds is 4. The van der Waals surface area contributed by atoms with Gasteiger partial charge in [0.1, 0.15) is 12.7 Å². The zero-order chi connectivity index (χ0) is 41.1. The molecule has 0 aliphatic carbocycles. The summed E-state index contributed by atoms with van der Waals surface area (Å²) < 4.78 is 27.0. The highest BCUT2D eigenvalue weighted by Crippen LogP contribution is 2.53. The van der Waals surface area contributed by atoms with Crippen LogP contribution in [-0.4, -0.2) is 128 Å². The summed E-state index contributed by atoms with van der Waals surface area (Å²) in [4.78, 5) is 54.0. The number of ether oxygens (including phenoxy) is 5. The fourth-order valence-corrected chi connectivity index (χ4v) is 5.75. The van der Waals surface area contributed by atoms with E-state index >= 15 is 0 Å². The maximum absolute atomic E-state index is 14.0. The molecule has 56 heavy (non-hydrogen) atoms. The van der Waals surface area contributed by atoms with Crippen LogP contribution in [-0.2, 0) is 23.7 Å². The van der Waals surface area contributed by atoms with Crippen molar-refractivity contribution < 1.29 is 109 Å². The lowest BCUT2D eigenvalue weighted by Crippen LogP contribution is -2.62. The van der Waals surface area contributed by atoms with Gasteiger partial charge in [-0.05, 0) is 36.4 Å². The minimum atomic E-state index is -2.42. The van der Waals surface area contributed by atoms with E-state index in [9.17, 15) is 85.6 Å². The lowest BCUT2D eigenvalue weighted by atomic mass is 9.92. The minimum absolute atomic E-state index is 0.467. The molecule has 0 amide bonds. The topological polar surface area (TPSA) is 377 Å². The molecule has 0 saturated carbocycles. The summed E-state index contributed by atoms with van der Waals surface area (Å²) in [6, 6.07) is 3.47. The van der Waals surface area contributed by atoms with Crippen molar-refractivity contribution in [1.29, 1.82) is 0 Å². The molecule has 5 atom stereocenters. The summed E-state index contributed by atoms with van der Waals surface area (Å²) >= 11 is 0. The molecule has 0 aromatic heterocycles. The predicted molar refractivity (Wildman–Crippen MR) is 174 cm³/mol. The fourth-order valence-electron chi connectivity index (χ4n) is 5.75. The highest BCUT2D eigenvalue weighted by atomic mass is 16.7. The SMILES string of the molecule is O=C(O[C@@H]1O[C@@H]2COC(=O)c3cc(O)c(O)c(O)c3-c3c(cc(O)c(O)c3O)C(=O)O[C@H]2[C@H](OC(=O)c2cc(O)c(O)c(O)c2)[C@H]1O)c1cc(O)c(O)c(O)c1. The Labute approximate surface area is 309 Å². The van der Waals surface area contributed by atoms with E-state index in [0.717, 1.165) is 0 Å². The molecule has 2 aliphatic rings. The summed E-state index contributed by atoms with van der Waals surface area (Å²) in [6.07, 6.45) is -11.2. The first-order chi connectivity index (χ1) is 26.3. The van der Waals surface area contributed by atoms with Crippen molar-refractivity contribution in [2.24, 2.45) is 0 Å². The number of hydrogen-bond acceptors (Lipinski definition) is 22. The minimum Gasteiger partial charge on any atom is -0.504 e. The van der Waals surface area contributed by atoms with Crippen LogP contribution in [0.15, 0.2) is 36.4 Å². The van der Waals surface area contributed by atoms with Gasteiger partial charge in [-0.3, -0.25) is 0 Å². The van der Waals surface area contributed by atoms with Gasteiger partial charge in [0, 0.05) is 11.1 Å². The molecule has 4 aromatic rings. The first-order valence-electron chi connectivity index (χ1n) is 15.5. The zero-order valence-electron chi connectivity index (χ0n) is 27.5. The molecule has 6 rings (SSSR count). The van der Waals surface area contributed by atoms with Gasteiger partial charge in [0.15, 0.2) is 75.8 Å². The monoisotopic (exact) mass is 786 g/mol. The van der Waals surface area contributed by atoms with Crippen LogP contribution in [0, 0.1) is 0 Å². The van der Waals surface area contributed by atoms with Gasteiger partial charge in [-0.25, -0.2) is 19.2 Å². The van der Waals surface area contributed by atoms with Crippen LogP contribution < -0.4 is 0 Å². The van der Waals surface area contributed by atoms with Gasteiger partial charge in [0.2, 0.25) is 17.8 Å². The Balaban J connectivity index is 1.49. The molecule has 0 spiro atoms. The Morgan fingerprint density at radius 1 is 0.554 bits per heavy atom. The molecule has 22 nitrogen and oxygen atoms in total. The van der Waals surface area contributed by atoms with Crippen molar-refractivity contribution in [2.45, 2.75) is 30.7 Å². The number of esters is 4. The number of aliphatic hydroxyl groups is 1. The van der Waals surface area contributed by atoms with Crippen LogP contribution in [0.2, 0.25) is 0 Å². The number of cyclic esters (lactones) is 1. The maximum Gasteiger partial charge on any atom is 0.340 e. The normalized spacial score (nSPS) is 20.6. The third-order valence-corrected chi connectivity index (χ3v) is 8.51. The van der Waals surface area contributed by atoms with Crippen molar-refractivity contribution in [3.63, 3.8) is 0 Å². The van der Waals surface area contributed by atoms with Crippen LogP contribution in [0.5, 0.6) is 69.0 Å². The molecule has 0 unspecified atom stereocenters. The Kier molecular flexibility index (Phi) is 9.45. The van der Waals surface area contributed by atoms with Crippen LogP contribution in [0.1, 0.15) is 41.4 Å². The maximum atomic E-state index is 14.0. The first kappa shape index (κ1) is 38.0. The van der Waals surface area contributed by atoms with E-state index in [1.54, 1.807) is 0 Å². The van der Waals surface area contributed by atoms with Gasteiger partial charge < -0.3 is 90.1 Å². The molecule has 1 fully saturated rings. The van der Waals surface area contributed by atoms with Gasteiger partial charge in [-0.1, -0.05) is 0 Å². The van der Waals surface area contributed by atoms with Crippen LogP contribution >= 0.6 is 0 Å². The van der Waals surface area contributed by atoms with Gasteiger partial charge >= 0.3 is 23.9 Å². The number of fused-ring (bicyclic) bond motifs is 4. The number of carbonyl (C=O) groups is 4. The second-order valence-electron chi connectivity index (χ2n) is 12.0. The molecule has 22 heteroatoms. The van der Waals surface area contributed by atoms with E-state index in [4.69, 9.17) is 23.7 Å². The number of aromatic hydroxyl groups is 12. The summed E-state index contributed by atoms with van der Waals surface area (Å²) in [7, 11) is 0. The quantitative estimate of drug-likeness (QED) is 0.0768. The fraction of sp³-hybridized carbons (Fsp3) is 0.176. The highest BCUT2D eigenvalue weighted by molar-refractivity contribution is 6.08. The molecule has 0 radical (unpaired) electrons. The summed E-state index contributed by atoms with van der Waals surface area (Å²) in [5.41, 5.74) is -5.21. The lowest BCUT2D eigenvalue weighted by Gasteiger charge is -2.42. The van der Waals surface area contributed by atoms with E-state index in [1.165, 1.54) is 0 Å². The van der Waals surface area contributed by atoms with Gasteiger partial charge in [0.25, 0.3) is 0 Å². The molecule has 1 saturated heterocycles. The van der Waals surface area contributed by atoms with E-state index < -0.39 is 164 Å². The molecule has 2 heterocycles. The number of phenolic OH excluding ortho intramolecular Hbond substituents is 12. The van der Waals surface area contributed by atoms with Crippen LogP contribution in [0.25, 0.3) is 11.1 Å². The zero-order valence-corrected chi connectivity index (χ0v) is 27.5. The standard InChI is InChI=1S/C34H26O22/c35-12-1-8(2-13(36)21(12)41)30(48)55-29-27(47)34(56-31(49)9-3-14(37)22(42)15(38)4-9)53-18-7-52-32(50)10-5-16(39)23(43)25(45)19(10)20-11(33(51)54-28(18)29)6-17(40)24(44)26(20)46/h1-6,18,27-29,34-47H,7H2/t18-,27-,28-,29-,34+/m1/s1. The third kappa shape index (κ3) is 6.45. The summed E-state index contributed by atoms with van der Waals surface area (Å²) in [5.74, 6) is -20.0. The van der Waals surface area contributed by atoms with Crippen molar-refractivity contribution in [3.8, 4) is 80.1 Å². The predicted octanol–water partition coefficient (Wildman–Crippen LogP) is 0.685. The summed E-state index contributed by atoms with van der Waals surface area (Å²) in [5, 5.41) is 133. The number of hydrogen-bond donors (Lipinski definition) is 13. The number of carbonyl (C=O) groups excluding carboxylic acids is 4. The van der Waals surface area contributed by atoms with Gasteiger partial charge in [-0.15, -0.1) is 0 Å². The number of phenols is 12. The number of benzene rings is 4. The third-order valence-electron chi connectivity index (χ3n) is 8.51. The number of aliphatic hydroxyl groups excluding tert-OH is 1. The van der Waals surface area contributed by atoms with E-state index in [-0.39, 0.29) is 0 Å². The van der Waals surface area contributed by atoms with E-state index in [1.807, 2.05) is 0 Å². The average Bonchev–Trinajstić information content (AvgIpc) is 3.16. The second-order valence-corrected chi connectivity index (χ2v) is 12.0. The first-order valence-corrected chi connectivity index (χ1v) is 15.5. The van der Waals surface area contributed by atoms with Crippen molar-refractivity contribution in [2.75, 3.05) is 6.61 Å². The Morgan fingerprint density at radius 3 is 1.43 bits per heavy atom. The molecule has 294 valence electrons. The van der Waals surface area contributed by atoms with Crippen molar-refractivity contribution >= 4 is 23.9 Å². The smallest absolute Gasteiger partial charge is 0.340 e. The average molecular weight is 787 g/mol. The Hall–Kier alpha value is -7.72. The van der Waals surface area contributed by atoms with E-state index in [2.05, 4.69) is 0 Å². The van der Waals surface area contributed by atoms with Crippen LogP contribution in [0.3, 0.4) is 0 Å². The van der Waals surface area contributed by atoms with Crippen molar-refractivity contribution in [1.82, 2.24) is 0 Å². The van der Waals surface area contributed by atoms with E-state index in [0.29, 0.717) is 36.4 Å². The molecule has 0 bridgehead atoms. The van der Waals surface area contributed by atoms with Gasteiger partial charge in [-0.2, -0.15) is 0 Å². The molecular formula is C34H26O22. The Morgan fingerprint density at radius 2 is 0.964 bits per heavy atom. The summed E-state index contributed by atoms with van der Waals surface area (Å²) in [6.45, 7) is -1.12. The highest BCUT2D eigenvalue weighted by Gasteiger charge is 2.53. The van der Waals surface area contributed by atoms with Crippen molar-refractivity contribution in [3.05, 3.63) is 58.7 Å². The lowest BCUT2D eigenvalue weighted by molar-refractivity contribution is -0.283. The Bertz CT molecular complexity index is 2290. The second kappa shape index (κ2) is 13.9. The molecular weight excluding hydrogens is 760 g/mol. The largest absolute Gasteiger partial charge is 0.504 e. The molecule has 4 aromatic carbocycles. The van der Waals surface area contributed by atoms with Crippen LogP contribution in [0.4, 0.5) is 0 Å².